The van der Waals surface area contributed by atoms with Crippen molar-refractivity contribution in [3.05, 3.63) is 36.9 Å². The van der Waals surface area contributed by atoms with Crippen molar-refractivity contribution in [1.82, 2.24) is 0 Å². The number of nitrogens with one attached hydrogen (secondary N) is 1. The number of benzene rings is 1. The lowest BCUT2D eigenvalue weighted by Gasteiger charge is -2.39. The van der Waals surface area contributed by atoms with Crippen LogP contribution in [0.15, 0.2) is 36.9 Å². The van der Waals surface area contributed by atoms with E-state index in [0.717, 1.165) is 24.9 Å². The number of aliphatic carboxylic acids is 1. The molecule has 1 fully saturated rings. The van der Waals surface area contributed by atoms with E-state index in [-0.39, 0.29) is 17.7 Å². The summed E-state index contributed by atoms with van der Waals surface area (Å²) in [6.45, 7) is 4.10. The Bertz CT molecular complexity index is 561. The van der Waals surface area contributed by atoms with E-state index in [1.54, 1.807) is 24.3 Å². The lowest BCUT2D eigenvalue weighted by atomic mass is 9.66. The van der Waals surface area contributed by atoms with Gasteiger partial charge in [0.1, 0.15) is 5.75 Å². The zero-order valence-electron chi connectivity index (χ0n) is 13.2. The Kier molecular flexibility index (Phi) is 5.79. The highest BCUT2D eigenvalue weighted by atomic mass is 16.5. The van der Waals surface area contributed by atoms with Crippen LogP contribution in [0.5, 0.6) is 5.75 Å². The average molecular weight is 317 g/mol. The third kappa shape index (κ3) is 4.58. The van der Waals surface area contributed by atoms with Crippen LogP contribution < -0.4 is 10.1 Å². The van der Waals surface area contributed by atoms with Crippen LogP contribution in [0.25, 0.3) is 0 Å². The van der Waals surface area contributed by atoms with Crippen molar-refractivity contribution in [2.75, 3.05) is 11.9 Å². The standard InChI is InChI=1S/C18H23NO4/c1-2-10-18(11-4-12-18)17(22)19-14-6-8-15(9-7-14)23-13-3-5-16(20)21/h2,6-9H,1,3-5,10-13H2,(H,19,22)(H,20,21). The van der Waals surface area contributed by atoms with Gasteiger partial charge < -0.3 is 15.2 Å². The number of carbonyl (C=O) groups is 2. The number of carboxylic acid groups (broad SMARTS) is 1. The molecule has 0 aliphatic heterocycles. The SMILES string of the molecule is C=CCC1(C(=O)Nc2ccc(OCCCC(=O)O)cc2)CCC1. The van der Waals surface area contributed by atoms with Gasteiger partial charge in [-0.2, -0.15) is 0 Å². The van der Waals surface area contributed by atoms with Gasteiger partial charge in [0.05, 0.1) is 12.0 Å². The summed E-state index contributed by atoms with van der Waals surface area (Å²) in [6, 6.07) is 7.14. The van der Waals surface area contributed by atoms with Gasteiger partial charge in [-0.3, -0.25) is 9.59 Å². The van der Waals surface area contributed by atoms with E-state index in [9.17, 15) is 9.59 Å². The molecule has 23 heavy (non-hydrogen) atoms. The number of rotatable bonds is 9. The fourth-order valence-electron chi connectivity index (χ4n) is 2.72. The molecule has 0 radical (unpaired) electrons. The molecule has 1 aliphatic rings. The van der Waals surface area contributed by atoms with E-state index < -0.39 is 5.97 Å². The Morgan fingerprint density at radius 3 is 2.52 bits per heavy atom. The van der Waals surface area contributed by atoms with E-state index in [1.807, 2.05) is 6.08 Å². The maximum atomic E-state index is 12.4. The van der Waals surface area contributed by atoms with Crippen LogP contribution in [-0.2, 0) is 9.59 Å². The number of carbonyl (C=O) groups excluding carboxylic acids is 1. The summed E-state index contributed by atoms with van der Waals surface area (Å²) in [7, 11) is 0. The molecule has 1 amide bonds. The maximum Gasteiger partial charge on any atom is 0.303 e. The fraction of sp³-hybridized carbons (Fsp3) is 0.444. The molecule has 1 aliphatic carbocycles. The first-order valence-corrected chi connectivity index (χ1v) is 7.93. The topological polar surface area (TPSA) is 75.6 Å². The minimum Gasteiger partial charge on any atom is -0.494 e. The molecule has 0 atom stereocenters. The van der Waals surface area contributed by atoms with Gasteiger partial charge >= 0.3 is 5.97 Å². The second-order valence-electron chi connectivity index (χ2n) is 5.95. The van der Waals surface area contributed by atoms with Gasteiger partial charge in [0.15, 0.2) is 0 Å². The van der Waals surface area contributed by atoms with Gasteiger partial charge in [0, 0.05) is 12.1 Å². The average Bonchev–Trinajstić information content (AvgIpc) is 2.48. The van der Waals surface area contributed by atoms with Gasteiger partial charge in [0.2, 0.25) is 5.91 Å². The Morgan fingerprint density at radius 2 is 2.00 bits per heavy atom. The second kappa shape index (κ2) is 7.81. The van der Waals surface area contributed by atoms with E-state index in [4.69, 9.17) is 9.84 Å². The summed E-state index contributed by atoms with van der Waals surface area (Å²) in [4.78, 5) is 22.8. The third-order valence-corrected chi connectivity index (χ3v) is 4.24. The molecule has 1 aromatic carbocycles. The van der Waals surface area contributed by atoms with E-state index in [1.165, 1.54) is 0 Å². The van der Waals surface area contributed by atoms with Crippen LogP contribution in [0, 0.1) is 5.41 Å². The summed E-state index contributed by atoms with van der Waals surface area (Å²) >= 11 is 0. The van der Waals surface area contributed by atoms with Gasteiger partial charge in [-0.25, -0.2) is 0 Å². The lowest BCUT2D eigenvalue weighted by Crippen LogP contribution is -2.41. The van der Waals surface area contributed by atoms with Crippen molar-refractivity contribution in [1.29, 1.82) is 0 Å². The van der Waals surface area contributed by atoms with E-state index in [0.29, 0.717) is 25.2 Å². The molecule has 1 aromatic rings. The van der Waals surface area contributed by atoms with Crippen LogP contribution in [0.2, 0.25) is 0 Å². The normalized spacial score (nSPS) is 15.3. The first-order valence-electron chi connectivity index (χ1n) is 7.93. The van der Waals surface area contributed by atoms with Gasteiger partial charge in [0.25, 0.3) is 0 Å². The molecule has 5 heteroatoms. The number of anilines is 1. The fourth-order valence-corrected chi connectivity index (χ4v) is 2.72. The third-order valence-electron chi connectivity index (χ3n) is 4.24. The molecule has 5 nitrogen and oxygen atoms in total. The molecule has 0 spiro atoms. The number of allylic oxidation sites excluding steroid dienone is 1. The summed E-state index contributed by atoms with van der Waals surface area (Å²) in [5.41, 5.74) is 0.455. The molecule has 2 rings (SSSR count). The lowest BCUT2D eigenvalue weighted by molar-refractivity contribution is -0.137. The van der Waals surface area contributed by atoms with Crippen molar-refractivity contribution in [2.45, 2.75) is 38.5 Å². The van der Waals surface area contributed by atoms with E-state index in [2.05, 4.69) is 11.9 Å². The molecule has 0 unspecified atom stereocenters. The quantitative estimate of drug-likeness (QED) is 0.539. The summed E-state index contributed by atoms with van der Waals surface area (Å²) in [6.07, 6.45) is 6.00. The number of amides is 1. The number of ether oxygens (including phenoxy) is 1. The Hall–Kier alpha value is -2.30. The first-order chi connectivity index (χ1) is 11.1. The van der Waals surface area contributed by atoms with Crippen molar-refractivity contribution in [2.24, 2.45) is 5.41 Å². The van der Waals surface area contributed by atoms with Crippen LogP contribution in [0.3, 0.4) is 0 Å². The van der Waals surface area contributed by atoms with Crippen LogP contribution in [0.1, 0.15) is 38.5 Å². The molecule has 124 valence electrons. The number of hydrogen-bond acceptors (Lipinski definition) is 3. The predicted octanol–water partition coefficient (Wildman–Crippen LogP) is 3.62. The van der Waals surface area contributed by atoms with Crippen molar-refractivity contribution in [3.8, 4) is 5.75 Å². The molecule has 0 heterocycles. The maximum absolute atomic E-state index is 12.4. The summed E-state index contributed by atoms with van der Waals surface area (Å²) in [5.74, 6) is -0.104. The highest BCUT2D eigenvalue weighted by Gasteiger charge is 2.42. The van der Waals surface area contributed by atoms with Crippen LogP contribution in [0.4, 0.5) is 5.69 Å². The minimum absolute atomic E-state index is 0.0544. The number of hydrogen-bond donors (Lipinski definition) is 2. The minimum atomic E-state index is -0.823. The molecule has 2 N–H and O–H groups in total. The summed E-state index contributed by atoms with van der Waals surface area (Å²) < 4.78 is 5.47. The molecule has 0 bridgehead atoms. The first kappa shape index (κ1) is 17.1. The van der Waals surface area contributed by atoms with Crippen molar-refractivity contribution < 1.29 is 19.4 Å². The second-order valence-corrected chi connectivity index (χ2v) is 5.95. The molecule has 1 saturated carbocycles. The predicted molar refractivity (Wildman–Crippen MR) is 88.5 cm³/mol. The molecule has 0 saturated heterocycles. The van der Waals surface area contributed by atoms with Crippen LogP contribution in [-0.4, -0.2) is 23.6 Å². The highest BCUT2D eigenvalue weighted by molar-refractivity contribution is 5.96. The Morgan fingerprint density at radius 1 is 1.30 bits per heavy atom. The molecule has 0 aromatic heterocycles. The highest BCUT2D eigenvalue weighted by Crippen LogP contribution is 2.45. The monoisotopic (exact) mass is 317 g/mol. The van der Waals surface area contributed by atoms with Gasteiger partial charge in [-0.1, -0.05) is 12.5 Å². The van der Waals surface area contributed by atoms with Crippen molar-refractivity contribution in [3.63, 3.8) is 0 Å². The largest absolute Gasteiger partial charge is 0.494 e. The zero-order chi connectivity index (χ0) is 16.7. The van der Waals surface area contributed by atoms with Gasteiger partial charge in [-0.15, -0.1) is 6.58 Å². The van der Waals surface area contributed by atoms with Gasteiger partial charge in [-0.05, 0) is 49.9 Å². The Labute approximate surface area is 136 Å². The summed E-state index contributed by atoms with van der Waals surface area (Å²) in [5, 5.41) is 11.5. The Balaban J connectivity index is 1.83. The van der Waals surface area contributed by atoms with Crippen molar-refractivity contribution >= 4 is 17.6 Å². The number of carboxylic acids is 1. The zero-order valence-corrected chi connectivity index (χ0v) is 13.2. The smallest absolute Gasteiger partial charge is 0.303 e. The van der Waals surface area contributed by atoms with Crippen LogP contribution >= 0.6 is 0 Å². The van der Waals surface area contributed by atoms with E-state index >= 15 is 0 Å². The molecular weight excluding hydrogens is 294 g/mol. The molecular formula is C18H23NO4.